The van der Waals surface area contributed by atoms with E-state index in [1.807, 2.05) is 0 Å². The number of benzene rings is 1. The summed E-state index contributed by atoms with van der Waals surface area (Å²) >= 11 is 4.26. The average Bonchev–Trinajstić information content (AvgIpc) is 2.62. The van der Waals surface area contributed by atoms with E-state index in [2.05, 4.69) is 22.5 Å². The molecule has 1 aromatic rings. The van der Waals surface area contributed by atoms with E-state index >= 15 is 0 Å². The maximum Gasteiger partial charge on any atom is 0.333 e. The van der Waals surface area contributed by atoms with Crippen LogP contribution >= 0.6 is 27.7 Å². The van der Waals surface area contributed by atoms with Crippen molar-refractivity contribution in [1.82, 2.24) is 4.90 Å². The van der Waals surface area contributed by atoms with Gasteiger partial charge in [-0.25, -0.2) is 4.79 Å². The number of esters is 1. The van der Waals surface area contributed by atoms with Crippen molar-refractivity contribution in [2.75, 3.05) is 7.11 Å². The number of alkyl halides is 1. The van der Waals surface area contributed by atoms with Crippen molar-refractivity contribution < 1.29 is 23.9 Å². The molecule has 1 fully saturated rings. The molecule has 140 valence electrons. The van der Waals surface area contributed by atoms with Crippen LogP contribution in [0.1, 0.15) is 19.4 Å². The van der Waals surface area contributed by atoms with Gasteiger partial charge < -0.3 is 14.4 Å². The maximum absolute atomic E-state index is 12.6. The molecule has 26 heavy (non-hydrogen) atoms. The predicted octanol–water partition coefficient (Wildman–Crippen LogP) is 2.89. The van der Waals surface area contributed by atoms with Crippen molar-refractivity contribution in [2.45, 2.75) is 36.7 Å². The van der Waals surface area contributed by atoms with Crippen molar-refractivity contribution in [3.05, 3.63) is 42.0 Å². The van der Waals surface area contributed by atoms with Gasteiger partial charge in [0, 0.05) is 6.92 Å². The number of β-lactam (4-membered cyclic amide) rings is 1. The largest absolute Gasteiger partial charge is 0.497 e. The molecule has 0 aliphatic carbocycles. The molecule has 1 aliphatic heterocycles. The van der Waals surface area contributed by atoms with Crippen molar-refractivity contribution in [3.8, 4) is 5.75 Å². The summed E-state index contributed by atoms with van der Waals surface area (Å²) in [5.41, 5.74) is 1.27. The molecule has 1 amide bonds. The number of likely N-dealkylation sites (tertiary alicyclic amines) is 1. The summed E-state index contributed by atoms with van der Waals surface area (Å²) in [7, 11) is 1.57. The minimum atomic E-state index is -0.925. The Morgan fingerprint density at radius 2 is 1.92 bits per heavy atom. The first-order chi connectivity index (χ1) is 12.3. The SMILES string of the molecule is C=C(C)C(C(=O)OCc1ccc(OC)cc1)N1C(=O)[C@H](Br)[C@H]1SC(C)=O. The van der Waals surface area contributed by atoms with E-state index in [9.17, 15) is 14.4 Å². The number of carbonyl (C=O) groups excluding carboxylic acids is 3. The summed E-state index contributed by atoms with van der Waals surface area (Å²) in [5, 5.41) is -0.598. The Balaban J connectivity index is 2.07. The highest BCUT2D eigenvalue weighted by Gasteiger charge is 2.52. The van der Waals surface area contributed by atoms with Crippen LogP contribution < -0.4 is 4.74 Å². The molecule has 0 aromatic heterocycles. The Kier molecular flexibility index (Phi) is 6.88. The minimum Gasteiger partial charge on any atom is -0.497 e. The highest BCUT2D eigenvalue weighted by Crippen LogP contribution is 2.38. The first-order valence-corrected chi connectivity index (χ1v) is 9.64. The fourth-order valence-electron chi connectivity index (χ4n) is 2.52. The van der Waals surface area contributed by atoms with Crippen LogP contribution in [0.4, 0.5) is 0 Å². The van der Waals surface area contributed by atoms with Gasteiger partial charge in [0.2, 0.25) is 5.91 Å². The van der Waals surface area contributed by atoms with Crippen LogP contribution in [0, 0.1) is 0 Å². The zero-order chi connectivity index (χ0) is 19.4. The van der Waals surface area contributed by atoms with Crippen LogP contribution in [0.2, 0.25) is 0 Å². The lowest BCUT2D eigenvalue weighted by molar-refractivity contribution is -0.159. The summed E-state index contributed by atoms with van der Waals surface area (Å²) in [6, 6.07) is 6.20. The highest BCUT2D eigenvalue weighted by atomic mass is 79.9. The minimum absolute atomic E-state index is 0.0664. The van der Waals surface area contributed by atoms with E-state index in [4.69, 9.17) is 9.47 Å². The summed E-state index contributed by atoms with van der Waals surface area (Å²) in [6.07, 6.45) is 0. The smallest absolute Gasteiger partial charge is 0.333 e. The second kappa shape index (κ2) is 8.73. The van der Waals surface area contributed by atoms with Crippen LogP contribution in [0.15, 0.2) is 36.4 Å². The lowest BCUT2D eigenvalue weighted by Crippen LogP contribution is -2.66. The number of rotatable bonds is 7. The molecular formula is C18H20BrNO5S. The topological polar surface area (TPSA) is 72.9 Å². The Hall–Kier alpha value is -1.80. The molecule has 0 radical (unpaired) electrons. The van der Waals surface area contributed by atoms with E-state index < -0.39 is 22.2 Å². The lowest BCUT2D eigenvalue weighted by atomic mass is 10.0. The third-order valence-electron chi connectivity index (χ3n) is 3.81. The number of nitrogens with zero attached hydrogens (tertiary/aromatic N) is 1. The average molecular weight is 442 g/mol. The van der Waals surface area contributed by atoms with Crippen LogP contribution in [0.5, 0.6) is 5.75 Å². The lowest BCUT2D eigenvalue weighted by Gasteiger charge is -2.47. The van der Waals surface area contributed by atoms with Crippen LogP contribution in [0.3, 0.4) is 0 Å². The number of methoxy groups -OCH3 is 1. The standard InChI is InChI=1S/C18H20BrNO5S/c1-10(2)15(20-16(22)14(19)17(20)26-11(3)21)18(23)25-9-12-5-7-13(24-4)8-6-12/h5-8,14-15,17H,1,9H2,2-4H3/t14-,15?,17+/m0/s1. The van der Waals surface area contributed by atoms with Gasteiger partial charge in [-0.2, -0.15) is 0 Å². The maximum atomic E-state index is 12.6. The van der Waals surface area contributed by atoms with Crippen LogP contribution in [-0.4, -0.2) is 45.2 Å². The van der Waals surface area contributed by atoms with Crippen molar-refractivity contribution in [1.29, 1.82) is 0 Å². The zero-order valence-electron chi connectivity index (χ0n) is 14.7. The van der Waals surface area contributed by atoms with Gasteiger partial charge in [-0.3, -0.25) is 9.59 Å². The summed E-state index contributed by atoms with van der Waals surface area (Å²) in [5.74, 6) is -0.133. The molecule has 0 bridgehead atoms. The van der Waals surface area contributed by atoms with E-state index in [1.165, 1.54) is 11.8 Å². The molecule has 3 atom stereocenters. The van der Waals surface area contributed by atoms with Gasteiger partial charge in [-0.1, -0.05) is 46.4 Å². The number of amides is 1. The fourth-order valence-corrected chi connectivity index (χ4v) is 4.25. The van der Waals surface area contributed by atoms with E-state index in [0.717, 1.165) is 17.3 Å². The van der Waals surface area contributed by atoms with Gasteiger partial charge >= 0.3 is 5.97 Å². The monoisotopic (exact) mass is 441 g/mol. The Morgan fingerprint density at radius 1 is 1.31 bits per heavy atom. The Bertz CT molecular complexity index is 721. The fraction of sp³-hybridized carbons (Fsp3) is 0.389. The van der Waals surface area contributed by atoms with E-state index in [1.54, 1.807) is 38.3 Å². The van der Waals surface area contributed by atoms with Gasteiger partial charge in [0.1, 0.15) is 22.6 Å². The van der Waals surface area contributed by atoms with Crippen molar-refractivity contribution in [2.24, 2.45) is 0 Å². The first kappa shape index (κ1) is 20.5. The normalized spacial score (nSPS) is 20.2. The molecule has 1 aliphatic rings. The van der Waals surface area contributed by atoms with Gasteiger partial charge in [-0.15, -0.1) is 0 Å². The van der Waals surface area contributed by atoms with Gasteiger partial charge in [-0.05, 0) is 30.2 Å². The highest BCUT2D eigenvalue weighted by molar-refractivity contribution is 9.10. The second-order valence-corrected chi connectivity index (χ2v) is 8.13. The summed E-state index contributed by atoms with van der Waals surface area (Å²) in [4.78, 5) is 37.1. The van der Waals surface area contributed by atoms with E-state index in [0.29, 0.717) is 11.3 Å². The van der Waals surface area contributed by atoms with E-state index in [-0.39, 0.29) is 17.6 Å². The first-order valence-electron chi connectivity index (χ1n) is 7.84. The molecule has 8 heteroatoms. The molecule has 1 heterocycles. The molecule has 1 saturated heterocycles. The molecule has 0 N–H and O–H groups in total. The molecule has 0 spiro atoms. The van der Waals surface area contributed by atoms with Crippen molar-refractivity contribution >= 4 is 44.7 Å². The van der Waals surface area contributed by atoms with Crippen molar-refractivity contribution in [3.63, 3.8) is 0 Å². The third kappa shape index (κ3) is 4.48. The number of ether oxygens (including phenoxy) is 2. The quantitative estimate of drug-likeness (QED) is 0.280. The predicted molar refractivity (Wildman–Crippen MR) is 103 cm³/mol. The molecular weight excluding hydrogens is 422 g/mol. The Labute approximate surface area is 165 Å². The van der Waals surface area contributed by atoms with Gasteiger partial charge in [0.15, 0.2) is 11.2 Å². The number of hydrogen-bond acceptors (Lipinski definition) is 6. The Morgan fingerprint density at radius 3 is 2.42 bits per heavy atom. The van der Waals surface area contributed by atoms with Crippen LogP contribution in [-0.2, 0) is 25.7 Å². The van der Waals surface area contributed by atoms with Gasteiger partial charge in [0.05, 0.1) is 7.11 Å². The number of thioether (sulfide) groups is 1. The summed E-state index contributed by atoms with van der Waals surface area (Å²) in [6.45, 7) is 6.95. The number of carbonyl (C=O) groups is 3. The summed E-state index contributed by atoms with van der Waals surface area (Å²) < 4.78 is 10.5. The third-order valence-corrected chi connectivity index (χ3v) is 6.13. The molecule has 6 nitrogen and oxygen atoms in total. The zero-order valence-corrected chi connectivity index (χ0v) is 17.1. The van der Waals surface area contributed by atoms with Gasteiger partial charge in [0.25, 0.3) is 0 Å². The molecule has 1 unspecified atom stereocenters. The molecule has 2 rings (SSSR count). The van der Waals surface area contributed by atoms with Crippen LogP contribution in [0.25, 0.3) is 0 Å². The molecule has 1 aromatic carbocycles. The second-order valence-electron chi connectivity index (χ2n) is 5.85. The number of halogens is 1. The molecule has 0 saturated carbocycles. The number of hydrogen-bond donors (Lipinski definition) is 0.